The first-order valence-corrected chi connectivity index (χ1v) is 14.5. The van der Waals surface area contributed by atoms with Crippen molar-refractivity contribution in [3.05, 3.63) is 94.0 Å². The number of nitrogens with one attached hydrogen (secondary N) is 1. The van der Waals surface area contributed by atoms with Crippen molar-refractivity contribution in [2.75, 3.05) is 20.8 Å². The molecule has 4 rings (SSSR count). The highest BCUT2D eigenvalue weighted by molar-refractivity contribution is 5.73. The molecule has 9 nitrogen and oxygen atoms in total. The van der Waals surface area contributed by atoms with Crippen LogP contribution in [-0.2, 0) is 24.4 Å². The van der Waals surface area contributed by atoms with E-state index in [-0.39, 0.29) is 11.8 Å². The number of carbonyl (C=O) groups excluding carboxylic acids is 1. The van der Waals surface area contributed by atoms with Gasteiger partial charge in [-0.25, -0.2) is 0 Å². The van der Waals surface area contributed by atoms with Crippen LogP contribution in [0.25, 0.3) is 11.1 Å². The highest BCUT2D eigenvalue weighted by atomic mass is 16.5. The maximum atomic E-state index is 11.0. The van der Waals surface area contributed by atoms with Crippen molar-refractivity contribution >= 4 is 5.91 Å². The van der Waals surface area contributed by atoms with Gasteiger partial charge >= 0.3 is 0 Å². The van der Waals surface area contributed by atoms with Crippen molar-refractivity contribution in [3.63, 3.8) is 0 Å². The molecule has 44 heavy (non-hydrogen) atoms. The first kappa shape index (κ1) is 31.8. The van der Waals surface area contributed by atoms with Gasteiger partial charge in [-0.2, -0.15) is 15.2 Å². The van der Waals surface area contributed by atoms with Crippen LogP contribution in [-0.4, -0.2) is 36.6 Å². The Kier molecular flexibility index (Phi) is 11.1. The maximum absolute atomic E-state index is 11.0. The summed E-state index contributed by atoms with van der Waals surface area (Å²) >= 11 is 0. The number of aromatic nitrogens is 2. The third-order valence-corrected chi connectivity index (χ3v) is 7.44. The largest absolute Gasteiger partial charge is 0.481 e. The van der Waals surface area contributed by atoms with Crippen LogP contribution in [0, 0.1) is 25.2 Å². The van der Waals surface area contributed by atoms with Gasteiger partial charge in [0, 0.05) is 31.2 Å². The van der Waals surface area contributed by atoms with Gasteiger partial charge in [-0.1, -0.05) is 36.4 Å². The number of nitrogens with zero attached hydrogens (tertiary/aromatic N) is 3. The smallest absolute Gasteiger partial charge is 0.234 e. The Hall–Kier alpha value is -5.10. The standard InChI is InChI=1S/C35H38N4O5/c1-23-28(21-43-32-17-15-26(34(38-32)41-4)10-6-7-19-37-25(3)40)11-8-13-30(23)31-14-9-12-29(24(31)2)22-44-33-18-16-27(20-36)35(39-33)42-5/h8-9,11-18H,6-7,10,19,21-22H2,1-5H3,(H,37,40). The summed E-state index contributed by atoms with van der Waals surface area (Å²) in [7, 11) is 3.09. The summed E-state index contributed by atoms with van der Waals surface area (Å²) in [5.74, 6) is 1.67. The van der Waals surface area contributed by atoms with Crippen molar-refractivity contribution in [2.45, 2.75) is 53.2 Å². The molecule has 0 aliphatic carbocycles. The Balaban J connectivity index is 1.43. The molecule has 2 aromatic heterocycles. The van der Waals surface area contributed by atoms with Crippen LogP contribution in [0.2, 0.25) is 0 Å². The number of nitriles is 1. The van der Waals surface area contributed by atoms with Crippen molar-refractivity contribution in [1.29, 1.82) is 5.26 Å². The van der Waals surface area contributed by atoms with E-state index in [1.165, 1.54) is 14.0 Å². The number of hydrogen-bond acceptors (Lipinski definition) is 8. The van der Waals surface area contributed by atoms with Gasteiger partial charge < -0.3 is 24.3 Å². The van der Waals surface area contributed by atoms with Crippen molar-refractivity contribution < 1.29 is 23.7 Å². The number of amides is 1. The van der Waals surface area contributed by atoms with Gasteiger partial charge in [0.15, 0.2) is 0 Å². The fraction of sp³-hybridized carbons (Fsp3) is 0.314. The number of unbranched alkanes of at least 4 members (excludes halogenated alkanes) is 1. The summed E-state index contributed by atoms with van der Waals surface area (Å²) in [6, 6.07) is 21.6. The van der Waals surface area contributed by atoms with Crippen LogP contribution in [0.5, 0.6) is 23.5 Å². The number of rotatable bonds is 14. The van der Waals surface area contributed by atoms with Crippen LogP contribution in [0.4, 0.5) is 0 Å². The molecule has 1 amide bonds. The van der Waals surface area contributed by atoms with Gasteiger partial charge in [0.25, 0.3) is 0 Å². The third-order valence-electron chi connectivity index (χ3n) is 7.44. The molecule has 2 aromatic carbocycles. The van der Waals surface area contributed by atoms with E-state index in [0.717, 1.165) is 58.2 Å². The second-order valence-corrected chi connectivity index (χ2v) is 10.3. The molecule has 228 valence electrons. The van der Waals surface area contributed by atoms with E-state index in [1.807, 2.05) is 30.3 Å². The molecule has 1 N–H and O–H groups in total. The monoisotopic (exact) mass is 594 g/mol. The molecule has 0 saturated carbocycles. The van der Waals surface area contributed by atoms with Gasteiger partial charge in [0.05, 0.1) is 14.2 Å². The zero-order valence-electron chi connectivity index (χ0n) is 25.9. The predicted molar refractivity (Wildman–Crippen MR) is 168 cm³/mol. The molecule has 0 aliphatic heterocycles. The molecule has 0 atom stereocenters. The SMILES string of the molecule is COc1nc(OCc2cccc(-c3cccc(COc4ccc(CCCCNC(C)=O)c(OC)n4)c3C)c2C)ccc1C#N. The number of ether oxygens (including phenoxy) is 4. The van der Waals surface area contributed by atoms with Gasteiger partial charge in [0.2, 0.25) is 29.4 Å². The van der Waals surface area contributed by atoms with Crippen LogP contribution >= 0.6 is 0 Å². The highest BCUT2D eigenvalue weighted by Crippen LogP contribution is 2.31. The van der Waals surface area contributed by atoms with E-state index >= 15 is 0 Å². The average molecular weight is 595 g/mol. The number of benzene rings is 2. The fourth-order valence-corrected chi connectivity index (χ4v) is 4.92. The van der Waals surface area contributed by atoms with E-state index < -0.39 is 0 Å². The van der Waals surface area contributed by atoms with Gasteiger partial charge in [-0.15, -0.1) is 0 Å². The summed E-state index contributed by atoms with van der Waals surface area (Å²) in [5, 5.41) is 12.0. The summed E-state index contributed by atoms with van der Waals surface area (Å²) < 4.78 is 22.8. The number of pyridine rings is 2. The Morgan fingerprint density at radius 3 is 1.89 bits per heavy atom. The summed E-state index contributed by atoms with van der Waals surface area (Å²) in [5.41, 5.74) is 7.90. The molecule has 0 fully saturated rings. The van der Waals surface area contributed by atoms with Crippen LogP contribution in [0.15, 0.2) is 60.7 Å². The lowest BCUT2D eigenvalue weighted by Crippen LogP contribution is -2.20. The summed E-state index contributed by atoms with van der Waals surface area (Å²) in [6.45, 7) is 7.05. The minimum absolute atomic E-state index is 0.0136. The zero-order chi connectivity index (χ0) is 31.5. The van der Waals surface area contributed by atoms with Crippen molar-refractivity contribution in [1.82, 2.24) is 15.3 Å². The number of methoxy groups -OCH3 is 2. The van der Waals surface area contributed by atoms with E-state index in [2.05, 4.69) is 53.4 Å². The second-order valence-electron chi connectivity index (χ2n) is 10.3. The Morgan fingerprint density at radius 2 is 1.34 bits per heavy atom. The molecular formula is C35H38N4O5. The lowest BCUT2D eigenvalue weighted by Gasteiger charge is -2.17. The number of aryl methyl sites for hydroxylation is 1. The molecular weight excluding hydrogens is 556 g/mol. The quantitative estimate of drug-likeness (QED) is 0.170. The van der Waals surface area contributed by atoms with Crippen LogP contribution in [0.1, 0.15) is 53.1 Å². The summed E-state index contributed by atoms with van der Waals surface area (Å²) in [4.78, 5) is 19.9. The highest BCUT2D eigenvalue weighted by Gasteiger charge is 2.14. The Labute approximate surface area is 258 Å². The number of hydrogen-bond donors (Lipinski definition) is 1. The number of carbonyl (C=O) groups is 1. The fourth-order valence-electron chi connectivity index (χ4n) is 4.92. The lowest BCUT2D eigenvalue weighted by molar-refractivity contribution is -0.118. The first-order chi connectivity index (χ1) is 21.3. The average Bonchev–Trinajstić information content (AvgIpc) is 3.03. The van der Waals surface area contributed by atoms with Gasteiger partial charge in [-0.05, 0) is 78.6 Å². The van der Waals surface area contributed by atoms with Crippen molar-refractivity contribution in [2.24, 2.45) is 0 Å². The molecule has 0 spiro atoms. The Morgan fingerprint density at radius 1 is 0.773 bits per heavy atom. The van der Waals surface area contributed by atoms with Crippen LogP contribution in [0.3, 0.4) is 0 Å². The van der Waals surface area contributed by atoms with Gasteiger partial charge in [-0.3, -0.25) is 4.79 Å². The molecule has 0 saturated heterocycles. The second kappa shape index (κ2) is 15.4. The Bertz CT molecular complexity index is 1650. The summed E-state index contributed by atoms with van der Waals surface area (Å²) in [6.07, 6.45) is 2.60. The molecule has 0 unspecified atom stereocenters. The molecule has 9 heteroatoms. The van der Waals surface area contributed by atoms with E-state index in [1.54, 1.807) is 19.2 Å². The van der Waals surface area contributed by atoms with Crippen molar-refractivity contribution in [3.8, 4) is 40.7 Å². The zero-order valence-corrected chi connectivity index (χ0v) is 25.9. The van der Waals surface area contributed by atoms with E-state index in [4.69, 9.17) is 18.9 Å². The van der Waals surface area contributed by atoms with Gasteiger partial charge in [0.1, 0.15) is 24.8 Å². The predicted octanol–water partition coefficient (Wildman–Crippen LogP) is 6.27. The van der Waals surface area contributed by atoms with E-state index in [0.29, 0.717) is 43.0 Å². The topological polar surface area (TPSA) is 116 Å². The maximum Gasteiger partial charge on any atom is 0.234 e. The van der Waals surface area contributed by atoms with Crippen LogP contribution < -0.4 is 24.3 Å². The molecule has 0 radical (unpaired) electrons. The lowest BCUT2D eigenvalue weighted by atomic mass is 9.92. The third kappa shape index (κ3) is 8.04. The minimum atomic E-state index is -0.0136. The normalized spacial score (nSPS) is 10.5. The minimum Gasteiger partial charge on any atom is -0.481 e. The molecule has 0 aliphatic rings. The molecule has 0 bridgehead atoms. The molecule has 2 heterocycles. The molecule has 4 aromatic rings. The first-order valence-electron chi connectivity index (χ1n) is 14.5. The van der Waals surface area contributed by atoms with E-state index in [9.17, 15) is 10.1 Å².